The van der Waals surface area contributed by atoms with E-state index in [2.05, 4.69) is 10.3 Å². The van der Waals surface area contributed by atoms with Crippen LogP contribution in [0.1, 0.15) is 26.3 Å². The highest BCUT2D eigenvalue weighted by atomic mass is 31.2. The number of hydrogen-bond acceptors (Lipinski definition) is 9. The summed E-state index contributed by atoms with van der Waals surface area (Å²) in [5.41, 5.74) is 11.4. The molecule has 0 saturated carbocycles. The number of hydrogen-bond donors (Lipinski definition) is 3. The highest BCUT2D eigenvalue weighted by Crippen LogP contribution is 2.50. The van der Waals surface area contributed by atoms with Crippen LogP contribution >= 0.6 is 7.60 Å². The summed E-state index contributed by atoms with van der Waals surface area (Å²) in [6.45, 7) is 5.84. The van der Waals surface area contributed by atoms with Gasteiger partial charge in [-0.2, -0.15) is 4.98 Å². The summed E-state index contributed by atoms with van der Waals surface area (Å²) in [6.07, 6.45) is 1.12. The van der Waals surface area contributed by atoms with Gasteiger partial charge in [-0.15, -0.1) is 0 Å². The van der Waals surface area contributed by atoms with Gasteiger partial charge in [0, 0.05) is 11.7 Å². The van der Waals surface area contributed by atoms with Gasteiger partial charge >= 0.3 is 13.3 Å². The molecule has 1 aromatic heterocycles. The van der Waals surface area contributed by atoms with Crippen LogP contribution < -0.4 is 27.0 Å². The third-order valence-electron chi connectivity index (χ3n) is 4.68. The summed E-state index contributed by atoms with van der Waals surface area (Å²) < 4.78 is 30.8. The lowest BCUT2D eigenvalue weighted by atomic mass is 10.0. The smallest absolute Gasteiger partial charge is 0.404 e. The van der Waals surface area contributed by atoms with Crippen LogP contribution in [0.3, 0.4) is 0 Å². The number of carbonyl (C=O) groups excluding carboxylic acids is 1. The van der Waals surface area contributed by atoms with Gasteiger partial charge < -0.3 is 26.0 Å². The molecule has 3 atom stereocenters. The summed E-state index contributed by atoms with van der Waals surface area (Å²) in [5, 5.41) is 2.85. The van der Waals surface area contributed by atoms with Crippen molar-refractivity contribution in [2.75, 3.05) is 18.7 Å². The lowest BCUT2D eigenvalue weighted by Crippen LogP contribution is -2.49. The van der Waals surface area contributed by atoms with Crippen molar-refractivity contribution >= 4 is 19.3 Å². The molecule has 33 heavy (non-hydrogen) atoms. The number of nitrogen functional groups attached to an aromatic ring is 1. The average Bonchev–Trinajstić information content (AvgIpc) is 2.72. The molecular weight excluding hydrogens is 449 g/mol. The van der Waals surface area contributed by atoms with Gasteiger partial charge in [-0.25, -0.2) is 9.36 Å². The number of aromatic nitrogens is 2. The van der Waals surface area contributed by atoms with Crippen LogP contribution in [0, 0.1) is 0 Å². The van der Waals surface area contributed by atoms with E-state index in [9.17, 15) is 14.2 Å². The van der Waals surface area contributed by atoms with Crippen molar-refractivity contribution in [1.82, 2.24) is 14.9 Å². The Bertz CT molecular complexity index is 1070. The minimum absolute atomic E-state index is 0.0100. The fraction of sp³-hybridized carbons (Fsp3) is 0.476. The van der Waals surface area contributed by atoms with Crippen molar-refractivity contribution in [1.29, 1.82) is 0 Å². The van der Waals surface area contributed by atoms with E-state index in [1.807, 2.05) is 20.8 Å². The van der Waals surface area contributed by atoms with Crippen molar-refractivity contribution in [3.63, 3.8) is 0 Å². The molecular formula is C21H30N5O6P. The number of nitrogens with two attached hydrogens (primary N) is 2. The number of carbonyl (C=O) groups is 1. The highest BCUT2D eigenvalue weighted by molar-refractivity contribution is 7.54. The molecule has 1 saturated heterocycles. The van der Waals surface area contributed by atoms with E-state index in [0.717, 1.165) is 5.56 Å². The quantitative estimate of drug-likeness (QED) is 0.497. The largest absolute Gasteiger partial charge is 0.423 e. The Balaban J connectivity index is 1.51. The Labute approximate surface area is 192 Å². The fourth-order valence-corrected chi connectivity index (χ4v) is 4.50. The second-order valence-corrected chi connectivity index (χ2v) is 10.8. The lowest BCUT2D eigenvalue weighted by molar-refractivity contribution is -0.123. The molecule has 11 nitrogen and oxygen atoms in total. The summed E-state index contributed by atoms with van der Waals surface area (Å²) in [4.78, 5) is 27.6. The molecule has 0 spiro atoms. The molecule has 2 aromatic rings. The lowest BCUT2D eigenvalue weighted by Gasteiger charge is -2.29. The summed E-state index contributed by atoms with van der Waals surface area (Å²) in [5.74, 6) is 0.249. The number of nitrogens with one attached hydrogen (secondary N) is 1. The molecule has 0 aliphatic carbocycles. The number of anilines is 1. The maximum absolute atomic E-state index is 12.9. The predicted octanol–water partition coefficient (Wildman–Crippen LogP) is 1.26. The van der Waals surface area contributed by atoms with Crippen LogP contribution in [0.25, 0.3) is 0 Å². The third kappa shape index (κ3) is 7.40. The fourth-order valence-electron chi connectivity index (χ4n) is 3.09. The second kappa shape index (κ2) is 10.0. The number of rotatable bonds is 7. The van der Waals surface area contributed by atoms with Crippen LogP contribution in [0.2, 0.25) is 0 Å². The topological polar surface area (TPSA) is 161 Å². The molecule has 2 heterocycles. The van der Waals surface area contributed by atoms with Crippen molar-refractivity contribution < 1.29 is 23.1 Å². The first-order chi connectivity index (χ1) is 15.4. The zero-order valence-electron chi connectivity index (χ0n) is 18.9. The van der Waals surface area contributed by atoms with Crippen LogP contribution in [0.15, 0.2) is 41.3 Å². The maximum Gasteiger partial charge on any atom is 0.404 e. The second-order valence-electron chi connectivity index (χ2n) is 8.90. The van der Waals surface area contributed by atoms with Crippen LogP contribution in [-0.4, -0.2) is 46.1 Å². The van der Waals surface area contributed by atoms with E-state index in [1.54, 1.807) is 24.3 Å². The standard InChI is InChI=1S/C21H30N5O6P/c1-21(2,3)25-19(27)17(22)10-14-4-6-15(7-5-14)32-33(29)13-30-16(12-31-33)11-26-9-8-18(23)24-20(26)28/h4-9,16-17H,10-13,22H2,1-3H3,(H,25,27)(H2,23,24,28)/t16-,17+,33?/m0/s1. The Kier molecular flexibility index (Phi) is 7.58. The molecule has 5 N–H and O–H groups in total. The van der Waals surface area contributed by atoms with Crippen molar-refractivity contribution in [2.45, 2.75) is 51.4 Å². The molecule has 1 aliphatic heterocycles. The van der Waals surface area contributed by atoms with Crippen molar-refractivity contribution in [3.8, 4) is 5.75 Å². The normalized spacial score (nSPS) is 21.9. The van der Waals surface area contributed by atoms with Crippen LogP contribution in [0.5, 0.6) is 5.75 Å². The Hall–Kier alpha value is -2.72. The average molecular weight is 479 g/mol. The first-order valence-electron chi connectivity index (χ1n) is 10.5. The minimum atomic E-state index is -3.51. The first-order valence-corrected chi connectivity index (χ1v) is 12.2. The summed E-state index contributed by atoms with van der Waals surface area (Å²) in [7, 11) is -3.51. The molecule has 180 valence electrons. The molecule has 0 bridgehead atoms. The SMILES string of the molecule is CC(C)(C)NC(=O)[C@H](N)Cc1ccc(OP2(=O)CO[C@@H](Cn3ccc(N)nc3=O)CO2)cc1. The predicted molar refractivity (Wildman–Crippen MR) is 123 cm³/mol. The molecule has 1 aliphatic rings. The van der Waals surface area contributed by atoms with E-state index in [1.165, 1.54) is 16.8 Å². The molecule has 0 radical (unpaired) electrons. The van der Waals surface area contributed by atoms with Gasteiger partial charge in [0.05, 0.1) is 19.2 Å². The van der Waals surface area contributed by atoms with Gasteiger partial charge in [0.1, 0.15) is 17.7 Å². The number of amides is 1. The van der Waals surface area contributed by atoms with Gasteiger partial charge in [0.25, 0.3) is 0 Å². The highest BCUT2D eigenvalue weighted by Gasteiger charge is 2.35. The summed E-state index contributed by atoms with van der Waals surface area (Å²) >= 11 is 0. The van der Waals surface area contributed by atoms with Gasteiger partial charge in [-0.1, -0.05) is 12.1 Å². The Morgan fingerprint density at radius 1 is 1.33 bits per heavy atom. The van der Waals surface area contributed by atoms with E-state index < -0.39 is 25.4 Å². The number of benzene rings is 1. The van der Waals surface area contributed by atoms with Crippen molar-refractivity contribution in [2.24, 2.45) is 5.73 Å². The molecule has 3 rings (SSSR count). The molecule has 1 unspecified atom stereocenters. The van der Waals surface area contributed by atoms with Crippen molar-refractivity contribution in [3.05, 3.63) is 52.6 Å². The first kappa shape index (κ1) is 24.9. The maximum atomic E-state index is 12.9. The summed E-state index contributed by atoms with van der Waals surface area (Å²) in [6, 6.07) is 7.59. The molecule has 1 fully saturated rings. The molecule has 1 amide bonds. The van der Waals surface area contributed by atoms with E-state index in [0.29, 0.717) is 12.2 Å². The zero-order valence-corrected chi connectivity index (χ0v) is 19.8. The van der Waals surface area contributed by atoms with Crippen LogP contribution in [-0.2, 0) is 31.6 Å². The van der Waals surface area contributed by atoms with Gasteiger partial charge in [0.2, 0.25) is 5.91 Å². The van der Waals surface area contributed by atoms with Crippen LogP contribution in [0.4, 0.5) is 5.82 Å². The van der Waals surface area contributed by atoms with Gasteiger partial charge in [-0.05, 0) is 51.0 Å². The van der Waals surface area contributed by atoms with Gasteiger partial charge in [0.15, 0.2) is 6.35 Å². The molecule has 1 aromatic carbocycles. The third-order valence-corrected chi connectivity index (χ3v) is 6.18. The van der Waals surface area contributed by atoms with E-state index >= 15 is 0 Å². The zero-order chi connectivity index (χ0) is 24.2. The number of nitrogens with zero attached hydrogens (tertiary/aromatic N) is 2. The van der Waals surface area contributed by atoms with Gasteiger partial charge in [-0.3, -0.25) is 13.9 Å². The van der Waals surface area contributed by atoms with E-state index in [4.69, 9.17) is 25.3 Å². The monoisotopic (exact) mass is 479 g/mol. The Morgan fingerprint density at radius 2 is 2.03 bits per heavy atom. The number of ether oxygens (including phenoxy) is 1. The van der Waals surface area contributed by atoms with E-state index in [-0.39, 0.29) is 36.8 Å². The Morgan fingerprint density at radius 3 is 2.61 bits per heavy atom. The molecule has 12 heteroatoms. The minimum Gasteiger partial charge on any atom is -0.423 e.